The van der Waals surface area contributed by atoms with Crippen molar-refractivity contribution in [2.45, 2.75) is 39.7 Å². The van der Waals surface area contributed by atoms with Gasteiger partial charge in [-0.2, -0.15) is 0 Å². The van der Waals surface area contributed by atoms with Gasteiger partial charge in [-0.3, -0.25) is 15.0 Å². The molecule has 194 valence electrons. The quantitative estimate of drug-likeness (QED) is 0.567. The third-order valence-electron chi connectivity index (χ3n) is 6.33. The van der Waals surface area contributed by atoms with Crippen molar-refractivity contribution in [1.82, 2.24) is 15.2 Å². The van der Waals surface area contributed by atoms with Crippen LogP contribution in [0.3, 0.4) is 0 Å². The summed E-state index contributed by atoms with van der Waals surface area (Å²) in [5, 5.41) is 11.2. The largest absolute Gasteiger partial charge is 0.491 e. The summed E-state index contributed by atoms with van der Waals surface area (Å²) in [6.07, 6.45) is 0. The number of benzene rings is 1. The summed E-state index contributed by atoms with van der Waals surface area (Å²) >= 11 is 0. The van der Waals surface area contributed by atoms with Crippen molar-refractivity contribution in [1.29, 1.82) is 5.41 Å². The van der Waals surface area contributed by atoms with Crippen LogP contribution >= 0.6 is 12.4 Å². The van der Waals surface area contributed by atoms with E-state index in [-0.39, 0.29) is 47.6 Å². The summed E-state index contributed by atoms with van der Waals surface area (Å²) in [5.74, 6) is 0.855. The van der Waals surface area contributed by atoms with E-state index in [0.717, 1.165) is 29.1 Å². The Kier molecular flexibility index (Phi) is 7.83. The molecule has 0 fully saturated rings. The molecule has 0 saturated carbocycles. The van der Waals surface area contributed by atoms with Crippen LogP contribution < -0.4 is 19.7 Å². The number of nitrogens with one attached hydrogen (secondary N) is 2. The van der Waals surface area contributed by atoms with Crippen molar-refractivity contribution in [3.63, 3.8) is 0 Å². The summed E-state index contributed by atoms with van der Waals surface area (Å²) in [6, 6.07) is 5.55. The van der Waals surface area contributed by atoms with Crippen LogP contribution in [0.5, 0.6) is 11.5 Å². The third kappa shape index (κ3) is 4.97. The maximum Gasteiger partial charge on any atom is 0.273 e. The van der Waals surface area contributed by atoms with E-state index in [0.29, 0.717) is 36.8 Å². The molecule has 0 aliphatic carbocycles. The lowest BCUT2D eigenvalue weighted by atomic mass is 9.84. The highest BCUT2D eigenvalue weighted by molar-refractivity contribution is 6.06. The average Bonchev–Trinajstić information content (AvgIpc) is 3.11. The molecular weight excluding hydrogens is 482 g/mol. The summed E-state index contributed by atoms with van der Waals surface area (Å²) in [7, 11) is 3.52. The van der Waals surface area contributed by atoms with E-state index in [9.17, 15) is 9.59 Å². The number of hydrogen-bond donors (Lipinski definition) is 2. The van der Waals surface area contributed by atoms with Gasteiger partial charge in [0.2, 0.25) is 0 Å². The average molecular weight is 516 g/mol. The SMILES string of the molecule is CCOc1cc2c(nc1C(=O)NC)C(=N)N(CC(=O)c1cc3c(c(C(C)(C)C)c1)OCCN3C)C2.Cl. The summed E-state index contributed by atoms with van der Waals surface area (Å²) < 4.78 is 11.6. The topological polar surface area (TPSA) is 108 Å². The van der Waals surface area contributed by atoms with Crippen LogP contribution in [0.4, 0.5) is 5.69 Å². The molecule has 2 aliphatic heterocycles. The van der Waals surface area contributed by atoms with Crippen molar-refractivity contribution < 1.29 is 19.1 Å². The minimum Gasteiger partial charge on any atom is -0.491 e. The number of hydrogen-bond acceptors (Lipinski definition) is 7. The van der Waals surface area contributed by atoms with Crippen molar-refractivity contribution >= 4 is 35.6 Å². The molecule has 0 saturated heterocycles. The number of Topliss-reactive ketones (excluding diaryl/α,β-unsaturated/α-hetero) is 1. The maximum atomic E-state index is 13.5. The number of carbonyl (C=O) groups excluding carboxylic acids is 2. The van der Waals surface area contributed by atoms with E-state index in [4.69, 9.17) is 14.9 Å². The van der Waals surface area contributed by atoms with Gasteiger partial charge in [0, 0.05) is 37.3 Å². The molecule has 2 aliphatic rings. The zero-order chi connectivity index (χ0) is 25.5. The Morgan fingerprint density at radius 2 is 1.97 bits per heavy atom. The first kappa shape index (κ1) is 27.3. The second-order valence-electron chi connectivity index (χ2n) is 9.87. The number of fused-ring (bicyclic) bond motifs is 2. The second-order valence-corrected chi connectivity index (χ2v) is 9.87. The number of carbonyl (C=O) groups is 2. The fourth-order valence-corrected chi connectivity index (χ4v) is 4.41. The molecule has 2 aromatic rings. The highest BCUT2D eigenvalue weighted by Gasteiger charge is 2.32. The lowest BCUT2D eigenvalue weighted by Crippen LogP contribution is -2.33. The number of nitrogens with zero attached hydrogens (tertiary/aromatic N) is 3. The first-order valence-electron chi connectivity index (χ1n) is 11.8. The molecule has 3 heterocycles. The molecule has 0 spiro atoms. The van der Waals surface area contributed by atoms with E-state index >= 15 is 0 Å². The fraction of sp³-hybridized carbons (Fsp3) is 0.462. The number of amides is 1. The number of aromatic nitrogens is 1. The first-order valence-corrected chi connectivity index (χ1v) is 11.8. The van der Waals surface area contributed by atoms with Gasteiger partial charge < -0.3 is 24.6 Å². The van der Waals surface area contributed by atoms with Gasteiger partial charge in [-0.25, -0.2) is 4.98 Å². The Bertz CT molecular complexity index is 1210. The van der Waals surface area contributed by atoms with Crippen molar-refractivity contribution in [3.8, 4) is 11.5 Å². The number of ketones is 1. The van der Waals surface area contributed by atoms with Gasteiger partial charge in [0.25, 0.3) is 5.91 Å². The molecule has 36 heavy (non-hydrogen) atoms. The Balaban J connectivity index is 0.00000361. The second kappa shape index (κ2) is 10.3. The maximum absolute atomic E-state index is 13.5. The van der Waals surface area contributed by atoms with E-state index in [1.165, 1.54) is 7.05 Å². The van der Waals surface area contributed by atoms with Gasteiger partial charge in [0.15, 0.2) is 17.2 Å². The van der Waals surface area contributed by atoms with Crippen LogP contribution in [-0.4, -0.2) is 67.8 Å². The normalized spacial score (nSPS) is 14.4. The van der Waals surface area contributed by atoms with Gasteiger partial charge in [-0.1, -0.05) is 20.8 Å². The molecule has 4 rings (SSSR count). The van der Waals surface area contributed by atoms with Crippen LogP contribution in [0.1, 0.15) is 65.4 Å². The number of pyridine rings is 1. The van der Waals surface area contributed by atoms with Crippen LogP contribution in [-0.2, 0) is 12.0 Å². The molecule has 1 amide bonds. The zero-order valence-corrected chi connectivity index (χ0v) is 22.5. The monoisotopic (exact) mass is 515 g/mol. The Morgan fingerprint density at radius 1 is 1.25 bits per heavy atom. The smallest absolute Gasteiger partial charge is 0.273 e. The Labute approximate surface area is 218 Å². The van der Waals surface area contributed by atoms with Crippen LogP contribution in [0.15, 0.2) is 18.2 Å². The number of rotatable bonds is 6. The van der Waals surface area contributed by atoms with E-state index in [1.54, 1.807) is 11.0 Å². The highest BCUT2D eigenvalue weighted by Crippen LogP contribution is 2.41. The van der Waals surface area contributed by atoms with Crippen molar-refractivity contribution in [2.75, 3.05) is 45.3 Å². The predicted octanol–water partition coefficient (Wildman–Crippen LogP) is 3.41. The minimum atomic E-state index is -0.381. The van der Waals surface area contributed by atoms with Gasteiger partial charge in [-0.15, -0.1) is 12.4 Å². The van der Waals surface area contributed by atoms with Gasteiger partial charge in [0.05, 0.1) is 25.4 Å². The summed E-state index contributed by atoms with van der Waals surface area (Å²) in [4.78, 5) is 34.0. The van der Waals surface area contributed by atoms with E-state index in [1.807, 2.05) is 26.1 Å². The van der Waals surface area contributed by atoms with Crippen molar-refractivity contribution in [3.05, 3.63) is 46.3 Å². The third-order valence-corrected chi connectivity index (χ3v) is 6.33. The standard InChI is InChI=1S/C26H33N5O4.ClH/c1-7-34-20-12-16-13-31(24(27)21(16)29-22(20)25(33)28-5)14-19(32)15-10-17(26(2,3)4)23-18(11-15)30(6)8-9-35-23;/h10-12,27H,7-9,13-14H2,1-6H3,(H,28,33);1H. The Morgan fingerprint density at radius 3 is 2.61 bits per heavy atom. The molecule has 0 radical (unpaired) electrons. The first-order chi connectivity index (χ1) is 16.5. The van der Waals surface area contributed by atoms with Gasteiger partial charge in [0.1, 0.15) is 23.9 Å². The highest BCUT2D eigenvalue weighted by atomic mass is 35.5. The predicted molar refractivity (Wildman–Crippen MR) is 142 cm³/mol. The number of anilines is 1. The number of halogens is 1. The lowest BCUT2D eigenvalue weighted by Gasteiger charge is -2.33. The van der Waals surface area contributed by atoms with Crippen LogP contribution in [0.25, 0.3) is 0 Å². The van der Waals surface area contributed by atoms with Crippen LogP contribution in [0.2, 0.25) is 0 Å². The molecule has 1 aromatic carbocycles. The van der Waals surface area contributed by atoms with Crippen LogP contribution in [0, 0.1) is 5.41 Å². The molecule has 1 aromatic heterocycles. The van der Waals surface area contributed by atoms with Gasteiger partial charge in [-0.05, 0) is 30.5 Å². The Hall–Kier alpha value is -3.33. The number of ether oxygens (including phenoxy) is 2. The fourth-order valence-electron chi connectivity index (χ4n) is 4.41. The lowest BCUT2D eigenvalue weighted by molar-refractivity contribution is 0.0949. The number of likely N-dealkylation sites (N-methyl/N-ethyl adjacent to an activating group) is 1. The molecule has 0 bridgehead atoms. The molecule has 10 heteroatoms. The summed E-state index contributed by atoms with van der Waals surface area (Å²) in [6.45, 7) is 10.3. The molecule has 0 unspecified atom stereocenters. The van der Waals surface area contributed by atoms with E-state index < -0.39 is 0 Å². The molecule has 9 nitrogen and oxygen atoms in total. The van der Waals surface area contributed by atoms with E-state index in [2.05, 4.69) is 36.0 Å². The molecular formula is C26H34ClN5O4. The minimum absolute atomic E-state index is 0. The van der Waals surface area contributed by atoms with Gasteiger partial charge >= 0.3 is 0 Å². The zero-order valence-electron chi connectivity index (χ0n) is 21.7. The molecule has 0 atom stereocenters. The summed E-state index contributed by atoms with van der Waals surface area (Å²) in [5.41, 5.74) is 3.57. The van der Waals surface area contributed by atoms with Crippen molar-refractivity contribution in [2.24, 2.45) is 0 Å². The molecule has 2 N–H and O–H groups in total. The number of amidine groups is 1.